The quantitative estimate of drug-likeness (QED) is 0.446. The standard InChI is InChI=1S/C22H34N2O3S/c1-5-7-8-12-20-24(19(15-28-20)21(25)27-14-16(3)4)22(26)23-18-11-9-10-17(6-2)13-18/h9-11,13,16,19-20H,5-8,12,14-15H2,1-4H3,(H,23,26). The van der Waals surface area contributed by atoms with E-state index < -0.39 is 6.04 Å². The fraction of sp³-hybridized carbons (Fsp3) is 0.636. The molecule has 2 amide bonds. The number of rotatable bonds is 9. The van der Waals surface area contributed by atoms with Gasteiger partial charge in [0.1, 0.15) is 6.04 Å². The van der Waals surface area contributed by atoms with Crippen molar-refractivity contribution >= 4 is 29.4 Å². The number of aryl methyl sites for hydroxylation is 1. The van der Waals surface area contributed by atoms with Gasteiger partial charge in [-0.05, 0) is 36.5 Å². The molecule has 5 nitrogen and oxygen atoms in total. The summed E-state index contributed by atoms with van der Waals surface area (Å²) in [7, 11) is 0. The van der Waals surface area contributed by atoms with E-state index in [1.54, 1.807) is 16.7 Å². The molecule has 0 aliphatic carbocycles. The van der Waals surface area contributed by atoms with Crippen LogP contribution in [0.25, 0.3) is 0 Å². The highest BCUT2D eigenvalue weighted by Crippen LogP contribution is 2.34. The van der Waals surface area contributed by atoms with Gasteiger partial charge < -0.3 is 10.1 Å². The van der Waals surface area contributed by atoms with Gasteiger partial charge in [0.15, 0.2) is 0 Å². The molecule has 156 valence electrons. The van der Waals surface area contributed by atoms with Crippen LogP contribution in [0.3, 0.4) is 0 Å². The summed E-state index contributed by atoms with van der Waals surface area (Å²) in [5.41, 5.74) is 1.93. The van der Waals surface area contributed by atoms with Gasteiger partial charge in [-0.2, -0.15) is 0 Å². The van der Waals surface area contributed by atoms with E-state index in [2.05, 4.69) is 19.2 Å². The topological polar surface area (TPSA) is 58.6 Å². The Balaban J connectivity index is 2.12. The number of nitrogens with zero attached hydrogens (tertiary/aromatic N) is 1. The average Bonchev–Trinajstić information content (AvgIpc) is 3.10. The highest BCUT2D eigenvalue weighted by molar-refractivity contribution is 8.00. The maximum atomic E-state index is 13.1. The number of ether oxygens (including phenoxy) is 1. The first-order chi connectivity index (χ1) is 13.5. The Kier molecular flexibility index (Phi) is 9.16. The monoisotopic (exact) mass is 406 g/mol. The van der Waals surface area contributed by atoms with Crippen LogP contribution in [0.2, 0.25) is 0 Å². The van der Waals surface area contributed by atoms with E-state index in [0.29, 0.717) is 12.4 Å². The Labute approximate surface area is 173 Å². The molecule has 1 fully saturated rings. The predicted molar refractivity (Wildman–Crippen MR) is 117 cm³/mol. The number of carbonyl (C=O) groups excluding carboxylic acids is 2. The van der Waals surface area contributed by atoms with E-state index in [-0.39, 0.29) is 23.3 Å². The third kappa shape index (κ3) is 6.43. The van der Waals surface area contributed by atoms with Gasteiger partial charge in [0.2, 0.25) is 0 Å². The first-order valence-electron chi connectivity index (χ1n) is 10.4. The van der Waals surface area contributed by atoms with Crippen LogP contribution >= 0.6 is 11.8 Å². The molecule has 0 saturated carbocycles. The fourth-order valence-corrected chi connectivity index (χ4v) is 4.65. The zero-order valence-electron chi connectivity index (χ0n) is 17.6. The summed E-state index contributed by atoms with van der Waals surface area (Å²) < 4.78 is 5.45. The molecule has 1 saturated heterocycles. The number of hydrogen-bond donors (Lipinski definition) is 1. The molecule has 1 aromatic rings. The zero-order valence-corrected chi connectivity index (χ0v) is 18.4. The first kappa shape index (κ1) is 22.6. The van der Waals surface area contributed by atoms with Crippen molar-refractivity contribution in [2.45, 2.75) is 71.2 Å². The second-order valence-corrected chi connectivity index (χ2v) is 8.93. The van der Waals surface area contributed by atoms with E-state index >= 15 is 0 Å². The van der Waals surface area contributed by atoms with E-state index in [1.165, 1.54) is 5.56 Å². The number of unbranched alkanes of at least 4 members (excludes halogenated alkanes) is 2. The van der Waals surface area contributed by atoms with Gasteiger partial charge in [-0.15, -0.1) is 11.8 Å². The smallest absolute Gasteiger partial charge is 0.329 e. The maximum absolute atomic E-state index is 13.1. The zero-order chi connectivity index (χ0) is 20.5. The molecule has 1 heterocycles. The van der Waals surface area contributed by atoms with Crippen LogP contribution in [0, 0.1) is 5.92 Å². The summed E-state index contributed by atoms with van der Waals surface area (Å²) in [5, 5.41) is 3.01. The molecule has 2 unspecified atom stereocenters. The number of nitrogens with one attached hydrogen (secondary N) is 1. The summed E-state index contributed by atoms with van der Waals surface area (Å²) in [4.78, 5) is 27.4. The minimum Gasteiger partial charge on any atom is -0.464 e. The molecule has 1 aromatic carbocycles. The Morgan fingerprint density at radius 1 is 1.29 bits per heavy atom. The molecule has 28 heavy (non-hydrogen) atoms. The fourth-order valence-electron chi connectivity index (χ4n) is 3.21. The number of benzene rings is 1. The molecule has 2 rings (SSSR count). The van der Waals surface area contributed by atoms with Crippen molar-refractivity contribution in [1.82, 2.24) is 4.90 Å². The van der Waals surface area contributed by atoms with Gasteiger partial charge in [-0.3, -0.25) is 4.90 Å². The Hall–Kier alpha value is -1.69. The highest BCUT2D eigenvalue weighted by atomic mass is 32.2. The number of carbonyl (C=O) groups is 2. The van der Waals surface area contributed by atoms with E-state index in [1.807, 2.05) is 38.1 Å². The van der Waals surface area contributed by atoms with Crippen LogP contribution in [0.4, 0.5) is 10.5 Å². The number of hydrogen-bond acceptors (Lipinski definition) is 4. The SMILES string of the molecule is CCCCCC1SCC(C(=O)OCC(C)C)N1C(=O)Nc1cccc(CC)c1. The normalized spacial score (nSPS) is 19.1. The lowest BCUT2D eigenvalue weighted by molar-refractivity contribution is -0.149. The van der Waals surface area contributed by atoms with Gasteiger partial charge in [-0.25, -0.2) is 9.59 Å². The molecule has 1 aliphatic heterocycles. The van der Waals surface area contributed by atoms with Crippen LogP contribution in [0.5, 0.6) is 0 Å². The Bertz CT molecular complexity index is 650. The van der Waals surface area contributed by atoms with Gasteiger partial charge >= 0.3 is 12.0 Å². The van der Waals surface area contributed by atoms with Crippen LogP contribution in [0.15, 0.2) is 24.3 Å². The lowest BCUT2D eigenvalue weighted by Crippen LogP contribution is -2.48. The summed E-state index contributed by atoms with van der Waals surface area (Å²) in [6.45, 7) is 8.65. The van der Waals surface area contributed by atoms with Crippen molar-refractivity contribution in [3.8, 4) is 0 Å². The van der Waals surface area contributed by atoms with Gasteiger partial charge in [0, 0.05) is 11.4 Å². The minimum atomic E-state index is -0.523. The first-order valence-corrected chi connectivity index (χ1v) is 11.5. The third-order valence-corrected chi connectivity index (χ3v) is 6.15. The summed E-state index contributed by atoms with van der Waals surface area (Å²) in [6, 6.07) is 7.12. The van der Waals surface area contributed by atoms with Crippen LogP contribution < -0.4 is 5.32 Å². The lowest BCUT2D eigenvalue weighted by Gasteiger charge is -2.28. The third-order valence-electron chi connectivity index (χ3n) is 4.80. The maximum Gasteiger partial charge on any atom is 0.329 e. The van der Waals surface area contributed by atoms with Crippen molar-refractivity contribution < 1.29 is 14.3 Å². The molecule has 0 spiro atoms. The molecule has 0 radical (unpaired) electrons. The van der Waals surface area contributed by atoms with E-state index in [0.717, 1.165) is 37.8 Å². The second-order valence-electron chi connectivity index (χ2n) is 7.71. The van der Waals surface area contributed by atoms with Crippen molar-refractivity contribution in [3.63, 3.8) is 0 Å². The van der Waals surface area contributed by atoms with Crippen molar-refractivity contribution in [2.75, 3.05) is 17.7 Å². The summed E-state index contributed by atoms with van der Waals surface area (Å²) >= 11 is 1.68. The molecule has 2 atom stereocenters. The van der Waals surface area contributed by atoms with Gasteiger partial charge in [0.25, 0.3) is 0 Å². The molecule has 0 bridgehead atoms. The molecular formula is C22H34N2O3S. The van der Waals surface area contributed by atoms with E-state index in [4.69, 9.17) is 4.74 Å². The number of thioether (sulfide) groups is 1. The predicted octanol–water partition coefficient (Wildman–Crippen LogP) is 5.30. The Morgan fingerprint density at radius 2 is 2.07 bits per heavy atom. The second kappa shape index (κ2) is 11.3. The molecule has 1 N–H and O–H groups in total. The summed E-state index contributed by atoms with van der Waals surface area (Å²) in [6.07, 6.45) is 5.12. The van der Waals surface area contributed by atoms with E-state index in [9.17, 15) is 9.59 Å². The van der Waals surface area contributed by atoms with Crippen molar-refractivity contribution in [2.24, 2.45) is 5.92 Å². The molecule has 1 aliphatic rings. The number of urea groups is 1. The largest absolute Gasteiger partial charge is 0.464 e. The summed E-state index contributed by atoms with van der Waals surface area (Å²) in [5.74, 6) is 0.574. The molecule has 0 aromatic heterocycles. The highest BCUT2D eigenvalue weighted by Gasteiger charge is 2.42. The average molecular weight is 407 g/mol. The number of anilines is 1. The van der Waals surface area contributed by atoms with Crippen LogP contribution in [-0.4, -0.2) is 40.7 Å². The number of esters is 1. The minimum absolute atomic E-state index is 0.0116. The number of amides is 2. The molecule has 6 heteroatoms. The van der Waals surface area contributed by atoms with Crippen LogP contribution in [-0.2, 0) is 16.0 Å². The van der Waals surface area contributed by atoms with Crippen molar-refractivity contribution in [3.05, 3.63) is 29.8 Å². The lowest BCUT2D eigenvalue weighted by atomic mass is 10.1. The van der Waals surface area contributed by atoms with Crippen molar-refractivity contribution in [1.29, 1.82) is 0 Å². The van der Waals surface area contributed by atoms with Gasteiger partial charge in [-0.1, -0.05) is 59.1 Å². The van der Waals surface area contributed by atoms with Gasteiger partial charge in [0.05, 0.1) is 12.0 Å². The molecular weight excluding hydrogens is 372 g/mol. The Morgan fingerprint density at radius 3 is 2.75 bits per heavy atom. The van der Waals surface area contributed by atoms with Crippen LogP contribution in [0.1, 0.15) is 58.9 Å².